The quantitative estimate of drug-likeness (QED) is 0.350. The van der Waals surface area contributed by atoms with Gasteiger partial charge in [-0.2, -0.15) is 0 Å². The summed E-state index contributed by atoms with van der Waals surface area (Å²) in [6.07, 6.45) is 0. The fourth-order valence-corrected chi connectivity index (χ4v) is 4.09. The number of carbonyl (C=O) groups is 2. The number of nitrogens with two attached hydrogens (primary N) is 1. The second-order valence-electron chi connectivity index (χ2n) is 7.12. The summed E-state index contributed by atoms with van der Waals surface area (Å²) in [5, 5.41) is 3.72. The molecule has 32 heavy (non-hydrogen) atoms. The van der Waals surface area contributed by atoms with Crippen LogP contribution in [0.3, 0.4) is 0 Å². The molecule has 0 aliphatic heterocycles. The molecular formula is C24H20N4O3S. The van der Waals surface area contributed by atoms with Crippen molar-refractivity contribution < 1.29 is 9.59 Å². The predicted molar refractivity (Wildman–Crippen MR) is 126 cm³/mol. The Labute approximate surface area is 188 Å². The van der Waals surface area contributed by atoms with Crippen molar-refractivity contribution in [2.75, 3.05) is 11.1 Å². The van der Waals surface area contributed by atoms with Crippen molar-refractivity contribution in [2.45, 2.75) is 12.1 Å². The molecule has 0 saturated carbocycles. The second kappa shape index (κ2) is 9.07. The minimum absolute atomic E-state index is 0.0498. The molecule has 0 bridgehead atoms. The van der Waals surface area contributed by atoms with Crippen molar-refractivity contribution >= 4 is 40.2 Å². The lowest BCUT2D eigenvalue weighted by atomic mass is 10.2. The van der Waals surface area contributed by atoms with E-state index < -0.39 is 5.91 Å². The Morgan fingerprint density at radius 3 is 2.41 bits per heavy atom. The average Bonchev–Trinajstić information content (AvgIpc) is 2.79. The van der Waals surface area contributed by atoms with Crippen molar-refractivity contribution in [3.63, 3.8) is 0 Å². The molecule has 0 spiro atoms. The summed E-state index contributed by atoms with van der Waals surface area (Å²) in [4.78, 5) is 41.7. The van der Waals surface area contributed by atoms with Gasteiger partial charge in [0.05, 0.1) is 22.3 Å². The van der Waals surface area contributed by atoms with E-state index in [4.69, 9.17) is 5.73 Å². The SMILES string of the molecule is Cc1ccccc1-n1c(SCC(=O)Nc2ccc(C(N)=O)cc2)nc2ccccc2c1=O. The predicted octanol–water partition coefficient (Wildman–Crippen LogP) is 3.52. The Bertz CT molecular complexity index is 1380. The first-order valence-electron chi connectivity index (χ1n) is 9.84. The van der Waals surface area contributed by atoms with Crippen LogP contribution in [-0.2, 0) is 4.79 Å². The zero-order valence-electron chi connectivity index (χ0n) is 17.2. The molecular weight excluding hydrogens is 424 g/mol. The second-order valence-corrected chi connectivity index (χ2v) is 8.06. The lowest BCUT2D eigenvalue weighted by Gasteiger charge is -2.15. The molecule has 2 amide bonds. The number of aryl methyl sites for hydroxylation is 1. The van der Waals surface area contributed by atoms with Crippen molar-refractivity contribution in [1.29, 1.82) is 0 Å². The van der Waals surface area contributed by atoms with E-state index in [0.717, 1.165) is 11.3 Å². The van der Waals surface area contributed by atoms with Gasteiger partial charge in [0.2, 0.25) is 11.8 Å². The Morgan fingerprint density at radius 2 is 1.69 bits per heavy atom. The van der Waals surface area contributed by atoms with Crippen LogP contribution >= 0.6 is 11.8 Å². The minimum Gasteiger partial charge on any atom is -0.366 e. The van der Waals surface area contributed by atoms with Crippen LogP contribution in [0.1, 0.15) is 15.9 Å². The highest BCUT2D eigenvalue weighted by molar-refractivity contribution is 7.99. The van der Waals surface area contributed by atoms with Crippen LogP contribution in [0.5, 0.6) is 0 Å². The molecule has 7 nitrogen and oxygen atoms in total. The van der Waals surface area contributed by atoms with Gasteiger partial charge in [-0.3, -0.25) is 19.0 Å². The van der Waals surface area contributed by atoms with Crippen molar-refractivity contribution in [1.82, 2.24) is 9.55 Å². The summed E-state index contributed by atoms with van der Waals surface area (Å²) in [5.41, 5.74) is 8.18. The van der Waals surface area contributed by atoms with Gasteiger partial charge in [-0.15, -0.1) is 0 Å². The van der Waals surface area contributed by atoms with E-state index >= 15 is 0 Å². The topological polar surface area (TPSA) is 107 Å². The van der Waals surface area contributed by atoms with Crippen molar-refractivity contribution in [3.05, 3.63) is 94.3 Å². The zero-order valence-corrected chi connectivity index (χ0v) is 18.1. The van der Waals surface area contributed by atoms with Crippen LogP contribution in [0.15, 0.2) is 82.7 Å². The van der Waals surface area contributed by atoms with Crippen LogP contribution in [-0.4, -0.2) is 27.1 Å². The maximum Gasteiger partial charge on any atom is 0.266 e. The van der Waals surface area contributed by atoms with Crippen molar-refractivity contribution in [2.24, 2.45) is 5.73 Å². The first-order valence-corrected chi connectivity index (χ1v) is 10.8. The summed E-state index contributed by atoms with van der Waals surface area (Å²) in [7, 11) is 0. The summed E-state index contributed by atoms with van der Waals surface area (Å²) in [6.45, 7) is 1.92. The molecule has 1 aromatic heterocycles. The summed E-state index contributed by atoms with van der Waals surface area (Å²) >= 11 is 1.18. The van der Waals surface area contributed by atoms with E-state index in [-0.39, 0.29) is 17.2 Å². The molecule has 3 aromatic carbocycles. The number of hydrogen-bond donors (Lipinski definition) is 2. The lowest BCUT2D eigenvalue weighted by molar-refractivity contribution is -0.113. The molecule has 8 heteroatoms. The van der Waals surface area contributed by atoms with E-state index in [9.17, 15) is 14.4 Å². The molecule has 160 valence electrons. The first kappa shape index (κ1) is 21.3. The Morgan fingerprint density at radius 1 is 1.00 bits per heavy atom. The largest absolute Gasteiger partial charge is 0.366 e. The molecule has 0 aliphatic carbocycles. The molecule has 0 fully saturated rings. The molecule has 1 heterocycles. The number of para-hydroxylation sites is 2. The molecule has 0 aliphatic rings. The maximum absolute atomic E-state index is 13.3. The number of benzene rings is 3. The number of nitrogens with one attached hydrogen (secondary N) is 1. The minimum atomic E-state index is -0.532. The van der Waals surface area contributed by atoms with Crippen LogP contribution in [0.2, 0.25) is 0 Å². The van der Waals surface area contributed by atoms with Gasteiger partial charge in [0, 0.05) is 11.3 Å². The lowest BCUT2D eigenvalue weighted by Crippen LogP contribution is -2.23. The average molecular weight is 445 g/mol. The van der Waals surface area contributed by atoms with Gasteiger partial charge in [0.25, 0.3) is 5.56 Å². The number of nitrogens with zero attached hydrogens (tertiary/aromatic N) is 2. The number of amides is 2. The smallest absolute Gasteiger partial charge is 0.266 e. The number of fused-ring (bicyclic) bond motifs is 1. The summed E-state index contributed by atoms with van der Waals surface area (Å²) in [5.74, 6) is -0.746. The Hall–Kier alpha value is -3.91. The third-order valence-electron chi connectivity index (χ3n) is 4.89. The number of thioether (sulfide) groups is 1. The summed E-state index contributed by atoms with van der Waals surface area (Å²) in [6, 6.07) is 21.0. The van der Waals surface area contributed by atoms with Gasteiger partial charge in [-0.05, 0) is 55.0 Å². The van der Waals surface area contributed by atoms with Crippen LogP contribution in [0.25, 0.3) is 16.6 Å². The highest BCUT2D eigenvalue weighted by Gasteiger charge is 2.16. The highest BCUT2D eigenvalue weighted by Crippen LogP contribution is 2.23. The van der Waals surface area contributed by atoms with E-state index in [2.05, 4.69) is 10.3 Å². The number of anilines is 1. The Balaban J connectivity index is 1.63. The molecule has 0 unspecified atom stereocenters. The number of rotatable bonds is 6. The third-order valence-corrected chi connectivity index (χ3v) is 5.83. The van der Waals surface area contributed by atoms with Gasteiger partial charge in [0.1, 0.15) is 0 Å². The van der Waals surface area contributed by atoms with E-state index in [1.54, 1.807) is 47.0 Å². The molecule has 4 rings (SSSR count). The van der Waals surface area contributed by atoms with E-state index in [1.807, 2.05) is 37.3 Å². The maximum atomic E-state index is 13.3. The molecule has 4 aromatic rings. The van der Waals surface area contributed by atoms with Crippen LogP contribution < -0.4 is 16.6 Å². The van der Waals surface area contributed by atoms with Gasteiger partial charge in [0.15, 0.2) is 5.16 Å². The fourth-order valence-electron chi connectivity index (χ4n) is 3.28. The monoisotopic (exact) mass is 444 g/mol. The van der Waals surface area contributed by atoms with Gasteiger partial charge < -0.3 is 11.1 Å². The fraction of sp³-hybridized carbons (Fsp3) is 0.0833. The molecule has 0 saturated heterocycles. The van der Waals surface area contributed by atoms with E-state index in [0.29, 0.717) is 27.3 Å². The zero-order chi connectivity index (χ0) is 22.7. The van der Waals surface area contributed by atoms with Crippen molar-refractivity contribution in [3.8, 4) is 5.69 Å². The van der Waals surface area contributed by atoms with Crippen LogP contribution in [0.4, 0.5) is 5.69 Å². The van der Waals surface area contributed by atoms with Gasteiger partial charge >= 0.3 is 0 Å². The highest BCUT2D eigenvalue weighted by atomic mass is 32.2. The number of carbonyl (C=O) groups excluding carboxylic acids is 2. The normalized spacial score (nSPS) is 10.8. The van der Waals surface area contributed by atoms with Crippen LogP contribution in [0, 0.1) is 6.92 Å². The number of primary amides is 1. The third kappa shape index (κ3) is 4.40. The molecule has 0 radical (unpaired) electrons. The molecule has 3 N–H and O–H groups in total. The summed E-state index contributed by atoms with van der Waals surface area (Å²) < 4.78 is 1.55. The van der Waals surface area contributed by atoms with Gasteiger partial charge in [-0.25, -0.2) is 4.98 Å². The number of hydrogen-bond acceptors (Lipinski definition) is 5. The number of aromatic nitrogens is 2. The standard InChI is InChI=1S/C24H20N4O3S/c1-15-6-2-5-9-20(15)28-23(31)18-7-3-4-8-19(18)27-24(28)32-14-21(29)26-17-12-10-16(11-13-17)22(25)30/h2-13H,14H2,1H3,(H2,25,30)(H,26,29). The van der Waals surface area contributed by atoms with Gasteiger partial charge in [-0.1, -0.05) is 42.1 Å². The Kier molecular flexibility index (Phi) is 6.04. The molecule has 0 atom stereocenters. The van der Waals surface area contributed by atoms with E-state index in [1.165, 1.54) is 11.8 Å². The first-order chi connectivity index (χ1) is 15.4.